The molecule has 0 heterocycles. The molecule has 0 saturated heterocycles. The van der Waals surface area contributed by atoms with E-state index in [1.165, 1.54) is 0 Å². The lowest BCUT2D eigenvalue weighted by atomic mass is 10.2. The third kappa shape index (κ3) is 3.78. The summed E-state index contributed by atoms with van der Waals surface area (Å²) in [5, 5.41) is 0. The number of hydrogen-bond acceptors (Lipinski definition) is 3. The van der Waals surface area contributed by atoms with Gasteiger partial charge in [0, 0.05) is 15.7 Å². The second-order valence-corrected chi connectivity index (χ2v) is 7.16. The molecule has 0 aromatic heterocycles. The standard InChI is InChI=1S/C13H10BrFN2O2S2/c14-8-2-1-3-9(6-8)17-21(18,19)10-4-5-12(15)11(7-10)13(16)20/h1-7,17H,(H2,16,20). The molecule has 0 spiro atoms. The zero-order valence-corrected chi connectivity index (χ0v) is 13.7. The number of nitrogens with one attached hydrogen (secondary N) is 1. The molecule has 3 N–H and O–H groups in total. The van der Waals surface area contributed by atoms with Crippen LogP contribution in [-0.4, -0.2) is 13.4 Å². The van der Waals surface area contributed by atoms with Crippen molar-refractivity contribution in [1.82, 2.24) is 0 Å². The predicted octanol–water partition coefficient (Wildman–Crippen LogP) is 3.02. The van der Waals surface area contributed by atoms with Gasteiger partial charge >= 0.3 is 0 Å². The molecule has 21 heavy (non-hydrogen) atoms. The monoisotopic (exact) mass is 388 g/mol. The van der Waals surface area contributed by atoms with E-state index in [4.69, 9.17) is 18.0 Å². The van der Waals surface area contributed by atoms with Crippen molar-refractivity contribution in [2.24, 2.45) is 5.73 Å². The van der Waals surface area contributed by atoms with Crippen molar-refractivity contribution in [1.29, 1.82) is 0 Å². The van der Waals surface area contributed by atoms with Crippen molar-refractivity contribution in [3.8, 4) is 0 Å². The average Bonchev–Trinajstić information content (AvgIpc) is 2.38. The van der Waals surface area contributed by atoms with Crippen molar-refractivity contribution in [2.45, 2.75) is 4.90 Å². The summed E-state index contributed by atoms with van der Waals surface area (Å²) in [5.41, 5.74) is 5.64. The second-order valence-electron chi connectivity index (χ2n) is 4.12. The van der Waals surface area contributed by atoms with E-state index in [9.17, 15) is 12.8 Å². The Morgan fingerprint density at radius 2 is 1.95 bits per heavy atom. The predicted molar refractivity (Wildman–Crippen MR) is 87.2 cm³/mol. The van der Waals surface area contributed by atoms with Crippen molar-refractivity contribution in [3.63, 3.8) is 0 Å². The van der Waals surface area contributed by atoms with E-state index >= 15 is 0 Å². The molecule has 0 atom stereocenters. The highest BCUT2D eigenvalue weighted by Crippen LogP contribution is 2.21. The van der Waals surface area contributed by atoms with E-state index in [1.807, 2.05) is 0 Å². The average molecular weight is 389 g/mol. The van der Waals surface area contributed by atoms with Gasteiger partial charge in [0.15, 0.2) is 0 Å². The summed E-state index contributed by atoms with van der Waals surface area (Å²) in [7, 11) is -3.86. The fourth-order valence-corrected chi connectivity index (χ4v) is 3.26. The van der Waals surface area contributed by atoms with Crippen LogP contribution in [0.1, 0.15) is 5.56 Å². The summed E-state index contributed by atoms with van der Waals surface area (Å²) >= 11 is 7.94. The Morgan fingerprint density at radius 3 is 2.57 bits per heavy atom. The van der Waals surface area contributed by atoms with Gasteiger partial charge in [0.25, 0.3) is 10.0 Å². The molecule has 110 valence electrons. The second kappa shape index (κ2) is 6.08. The lowest BCUT2D eigenvalue weighted by Gasteiger charge is -2.10. The number of halogens is 2. The van der Waals surface area contributed by atoms with Crippen LogP contribution < -0.4 is 10.5 Å². The number of sulfonamides is 1. The molecule has 2 aromatic carbocycles. The smallest absolute Gasteiger partial charge is 0.261 e. The highest BCUT2D eigenvalue weighted by atomic mass is 79.9. The molecule has 0 bridgehead atoms. The SMILES string of the molecule is NC(=S)c1cc(S(=O)(=O)Nc2cccc(Br)c2)ccc1F. The lowest BCUT2D eigenvalue weighted by Crippen LogP contribution is -2.16. The molecule has 8 heteroatoms. The van der Waals surface area contributed by atoms with Gasteiger partial charge in [0.05, 0.1) is 4.90 Å². The number of thiocarbonyl (C=S) groups is 1. The van der Waals surface area contributed by atoms with Crippen molar-refractivity contribution >= 4 is 48.8 Å². The van der Waals surface area contributed by atoms with Crippen molar-refractivity contribution < 1.29 is 12.8 Å². The van der Waals surface area contributed by atoms with Gasteiger partial charge in [-0.1, -0.05) is 34.2 Å². The molecule has 0 aliphatic heterocycles. The van der Waals surface area contributed by atoms with Crippen LogP contribution >= 0.6 is 28.1 Å². The Hall–Kier alpha value is -1.51. The van der Waals surface area contributed by atoms with Gasteiger partial charge in [-0.2, -0.15) is 0 Å². The third-order valence-electron chi connectivity index (χ3n) is 2.59. The summed E-state index contributed by atoms with van der Waals surface area (Å²) in [6, 6.07) is 9.93. The summed E-state index contributed by atoms with van der Waals surface area (Å²) in [6.45, 7) is 0. The van der Waals surface area contributed by atoms with E-state index in [0.29, 0.717) is 5.69 Å². The van der Waals surface area contributed by atoms with Crippen LogP contribution in [0.15, 0.2) is 51.8 Å². The first kappa shape index (κ1) is 15.9. The maximum Gasteiger partial charge on any atom is 0.261 e. The molecular weight excluding hydrogens is 379 g/mol. The van der Waals surface area contributed by atoms with Crippen LogP contribution in [-0.2, 0) is 10.0 Å². The Bertz CT molecular complexity index is 810. The summed E-state index contributed by atoms with van der Waals surface area (Å²) in [6.07, 6.45) is 0. The topological polar surface area (TPSA) is 72.2 Å². The molecule has 2 rings (SSSR count). The maximum atomic E-state index is 13.5. The Kier molecular flexibility index (Phi) is 4.60. The van der Waals surface area contributed by atoms with Crippen molar-refractivity contribution in [2.75, 3.05) is 4.72 Å². The summed E-state index contributed by atoms with van der Waals surface area (Å²) in [5.74, 6) is -0.663. The van der Waals surface area contributed by atoms with Crippen LogP contribution in [0.5, 0.6) is 0 Å². The van der Waals surface area contributed by atoms with Crippen LogP contribution in [0, 0.1) is 5.82 Å². The zero-order valence-electron chi connectivity index (χ0n) is 10.5. The Labute approximate surface area is 135 Å². The van der Waals surface area contributed by atoms with E-state index in [0.717, 1.165) is 22.7 Å². The Morgan fingerprint density at radius 1 is 1.24 bits per heavy atom. The van der Waals surface area contributed by atoms with Gasteiger partial charge in [-0.15, -0.1) is 0 Å². The number of rotatable bonds is 4. The number of anilines is 1. The molecule has 0 fully saturated rings. The van der Waals surface area contributed by atoms with Crippen LogP contribution in [0.3, 0.4) is 0 Å². The number of benzene rings is 2. The van der Waals surface area contributed by atoms with Crippen LogP contribution in [0.25, 0.3) is 0 Å². The first-order chi connectivity index (χ1) is 9.79. The maximum absolute atomic E-state index is 13.5. The fraction of sp³-hybridized carbons (Fsp3) is 0. The van der Waals surface area contributed by atoms with Crippen LogP contribution in [0.4, 0.5) is 10.1 Å². The third-order valence-corrected chi connectivity index (χ3v) is 4.68. The van der Waals surface area contributed by atoms with Crippen molar-refractivity contribution in [3.05, 3.63) is 58.3 Å². The summed E-state index contributed by atoms with van der Waals surface area (Å²) in [4.78, 5) is -0.321. The summed E-state index contributed by atoms with van der Waals surface area (Å²) < 4.78 is 41.2. The highest BCUT2D eigenvalue weighted by Gasteiger charge is 2.17. The lowest BCUT2D eigenvalue weighted by molar-refractivity contribution is 0.599. The molecule has 0 saturated carbocycles. The van der Waals surface area contributed by atoms with E-state index < -0.39 is 15.8 Å². The molecule has 0 amide bonds. The minimum atomic E-state index is -3.86. The molecule has 0 radical (unpaired) electrons. The first-order valence-corrected chi connectivity index (χ1v) is 8.36. The number of hydrogen-bond donors (Lipinski definition) is 2. The fourth-order valence-electron chi connectivity index (χ4n) is 1.63. The van der Waals surface area contributed by atoms with Gasteiger partial charge in [-0.3, -0.25) is 4.72 Å². The van der Waals surface area contributed by atoms with E-state index in [1.54, 1.807) is 24.3 Å². The number of nitrogens with two attached hydrogens (primary N) is 1. The normalized spacial score (nSPS) is 11.1. The van der Waals surface area contributed by atoms with Gasteiger partial charge in [-0.05, 0) is 36.4 Å². The largest absolute Gasteiger partial charge is 0.389 e. The van der Waals surface area contributed by atoms with Crippen LogP contribution in [0.2, 0.25) is 0 Å². The molecule has 0 unspecified atom stereocenters. The van der Waals surface area contributed by atoms with Gasteiger partial charge in [0.2, 0.25) is 0 Å². The van der Waals surface area contributed by atoms with E-state index in [-0.39, 0.29) is 15.4 Å². The van der Waals surface area contributed by atoms with Gasteiger partial charge in [-0.25, -0.2) is 12.8 Å². The molecule has 0 aliphatic carbocycles. The molecule has 4 nitrogen and oxygen atoms in total. The minimum Gasteiger partial charge on any atom is -0.389 e. The zero-order chi connectivity index (χ0) is 15.6. The molecular formula is C13H10BrFN2O2S2. The van der Waals surface area contributed by atoms with Gasteiger partial charge in [0.1, 0.15) is 10.8 Å². The van der Waals surface area contributed by atoms with Gasteiger partial charge < -0.3 is 5.73 Å². The highest BCUT2D eigenvalue weighted by molar-refractivity contribution is 9.10. The molecule has 2 aromatic rings. The Balaban J connectivity index is 2.40. The van der Waals surface area contributed by atoms with E-state index in [2.05, 4.69) is 20.7 Å². The quantitative estimate of drug-likeness (QED) is 0.789. The first-order valence-electron chi connectivity index (χ1n) is 5.67. The molecule has 0 aliphatic rings. The minimum absolute atomic E-state index is 0.109.